The first-order valence-corrected chi connectivity index (χ1v) is 19.7. The third-order valence-electron chi connectivity index (χ3n) is 9.93. The number of aryl methyl sites for hydroxylation is 3. The van der Waals surface area contributed by atoms with Gasteiger partial charge in [-0.3, -0.25) is 38.7 Å². The van der Waals surface area contributed by atoms with Crippen LogP contribution in [0.3, 0.4) is 0 Å². The van der Waals surface area contributed by atoms with Crippen LogP contribution in [0.25, 0.3) is 5.00 Å². The van der Waals surface area contributed by atoms with Gasteiger partial charge in [0, 0.05) is 46.2 Å². The van der Waals surface area contributed by atoms with Gasteiger partial charge in [0.05, 0.1) is 37.3 Å². The molecule has 2 atom stereocenters. The van der Waals surface area contributed by atoms with Gasteiger partial charge in [-0.15, -0.1) is 26.6 Å². The van der Waals surface area contributed by atoms with E-state index in [2.05, 4.69) is 55.6 Å². The van der Waals surface area contributed by atoms with Crippen LogP contribution in [-0.2, 0) is 32.3 Å². The van der Waals surface area contributed by atoms with E-state index >= 15 is 0 Å². The van der Waals surface area contributed by atoms with Crippen LogP contribution in [-0.4, -0.2) is 72.2 Å². The number of unbranched alkanes of at least 4 members (excludes halogenated alkanes) is 1. The highest BCUT2D eigenvalue weighted by atomic mass is 35.5. The van der Waals surface area contributed by atoms with Gasteiger partial charge in [-0.25, -0.2) is 0 Å². The van der Waals surface area contributed by atoms with E-state index in [4.69, 9.17) is 16.6 Å². The molecule has 2 aliphatic rings. The first-order valence-electron chi connectivity index (χ1n) is 18.5. The van der Waals surface area contributed by atoms with Gasteiger partial charge in [-0.05, 0) is 75.4 Å². The number of nitrogens with one attached hydrogen (secondary N) is 4. The number of imide groups is 1. The summed E-state index contributed by atoms with van der Waals surface area (Å²) >= 11 is 7.88. The fourth-order valence-corrected chi connectivity index (χ4v) is 8.15. The highest BCUT2D eigenvalue weighted by Crippen LogP contribution is 2.39. The zero-order valence-corrected chi connectivity index (χ0v) is 32.8. The molecule has 3 aromatic heterocycles. The molecule has 0 saturated carbocycles. The summed E-state index contributed by atoms with van der Waals surface area (Å²) in [6.45, 7) is 7.52. The van der Waals surface area contributed by atoms with Crippen molar-refractivity contribution in [1.29, 1.82) is 0 Å². The Hall–Kier alpha value is -5.74. The maximum Gasteiger partial charge on any atom is 0.239 e. The SMILES string of the molecule is Cc1sc2c(c1C)C(c1ccc(Cl)cc1)=NC(CC(=O)NCc1cn(CCCCNC(=O)CNc3ccc(C4CCC(=O)NC4=O)cc3)nn1)c1nnc(C)n1-2. The Bertz CT molecular complexity index is 2300. The molecule has 56 heavy (non-hydrogen) atoms. The molecular weight excluding hydrogens is 754 g/mol. The first-order chi connectivity index (χ1) is 27.0. The van der Waals surface area contributed by atoms with Crippen molar-refractivity contribution in [3.05, 3.63) is 104 Å². The Morgan fingerprint density at radius 2 is 1.75 bits per heavy atom. The van der Waals surface area contributed by atoms with Crippen LogP contribution in [0.5, 0.6) is 0 Å². The van der Waals surface area contributed by atoms with E-state index in [0.29, 0.717) is 42.5 Å². The average Bonchev–Trinajstić information content (AvgIpc) is 3.86. The average molecular weight is 796 g/mol. The van der Waals surface area contributed by atoms with Gasteiger partial charge < -0.3 is 16.0 Å². The predicted molar refractivity (Wildman–Crippen MR) is 212 cm³/mol. The van der Waals surface area contributed by atoms with Gasteiger partial charge in [-0.1, -0.05) is 41.1 Å². The minimum Gasteiger partial charge on any atom is -0.376 e. The van der Waals surface area contributed by atoms with E-state index in [1.807, 2.05) is 60.0 Å². The molecule has 15 nitrogen and oxygen atoms in total. The lowest BCUT2D eigenvalue weighted by molar-refractivity contribution is -0.134. The van der Waals surface area contributed by atoms with Crippen LogP contribution in [0, 0.1) is 20.8 Å². The van der Waals surface area contributed by atoms with Gasteiger partial charge in [0.25, 0.3) is 0 Å². The molecule has 2 aliphatic heterocycles. The topological polar surface area (TPSA) is 190 Å². The van der Waals surface area contributed by atoms with Crippen molar-refractivity contribution in [3.8, 4) is 5.00 Å². The molecule has 5 heterocycles. The summed E-state index contributed by atoms with van der Waals surface area (Å²) in [5, 5.41) is 30.3. The number of fused-ring (bicyclic) bond motifs is 3. The monoisotopic (exact) mass is 795 g/mol. The molecule has 2 aromatic carbocycles. The van der Waals surface area contributed by atoms with E-state index in [9.17, 15) is 19.2 Å². The number of thiophene rings is 1. The number of anilines is 1. The maximum atomic E-state index is 13.4. The number of hydrogen-bond acceptors (Lipinski definition) is 11. The number of benzene rings is 2. The molecular formula is C39H42ClN11O4S. The number of hydrogen-bond donors (Lipinski definition) is 4. The zero-order chi connectivity index (χ0) is 39.3. The second-order valence-electron chi connectivity index (χ2n) is 13.9. The molecule has 290 valence electrons. The Balaban J connectivity index is 0.863. The lowest BCUT2D eigenvalue weighted by atomic mass is 9.90. The number of nitrogens with zero attached hydrogens (tertiary/aromatic N) is 7. The van der Waals surface area contributed by atoms with Crippen molar-refractivity contribution in [2.75, 3.05) is 18.4 Å². The van der Waals surface area contributed by atoms with E-state index in [0.717, 1.165) is 57.3 Å². The largest absolute Gasteiger partial charge is 0.376 e. The maximum absolute atomic E-state index is 13.4. The summed E-state index contributed by atoms with van der Waals surface area (Å²) < 4.78 is 3.75. The van der Waals surface area contributed by atoms with Gasteiger partial charge in [0.15, 0.2) is 5.82 Å². The summed E-state index contributed by atoms with van der Waals surface area (Å²) in [5.41, 5.74) is 6.05. The van der Waals surface area contributed by atoms with Crippen LogP contribution in [0.15, 0.2) is 59.7 Å². The molecule has 0 spiro atoms. The number of amides is 4. The summed E-state index contributed by atoms with van der Waals surface area (Å²) in [5.74, 6) is 0.139. The third kappa shape index (κ3) is 8.71. The molecule has 4 N–H and O–H groups in total. The number of aromatic nitrogens is 6. The second kappa shape index (κ2) is 17.0. The van der Waals surface area contributed by atoms with Crippen molar-refractivity contribution in [2.24, 2.45) is 4.99 Å². The van der Waals surface area contributed by atoms with Crippen molar-refractivity contribution in [3.63, 3.8) is 0 Å². The molecule has 0 bridgehead atoms. The second-order valence-corrected chi connectivity index (χ2v) is 15.5. The van der Waals surface area contributed by atoms with Gasteiger partial charge in [0.2, 0.25) is 23.6 Å². The minimum atomic E-state index is -0.577. The number of aliphatic imine (C=N–C) groups is 1. The van der Waals surface area contributed by atoms with Crippen molar-refractivity contribution in [2.45, 2.75) is 77.9 Å². The molecule has 2 unspecified atom stereocenters. The number of piperidine rings is 1. The van der Waals surface area contributed by atoms with Crippen molar-refractivity contribution >= 4 is 58.0 Å². The molecule has 17 heteroatoms. The Morgan fingerprint density at radius 1 is 0.964 bits per heavy atom. The van der Waals surface area contributed by atoms with Crippen LogP contribution >= 0.6 is 22.9 Å². The summed E-state index contributed by atoms with van der Waals surface area (Å²) in [4.78, 5) is 55.7. The fourth-order valence-electron chi connectivity index (χ4n) is 6.81. The van der Waals surface area contributed by atoms with Gasteiger partial charge in [0.1, 0.15) is 22.6 Å². The lowest BCUT2D eigenvalue weighted by Crippen LogP contribution is -2.39. The third-order valence-corrected chi connectivity index (χ3v) is 11.4. The summed E-state index contributed by atoms with van der Waals surface area (Å²) in [6.07, 6.45) is 4.20. The fraction of sp³-hybridized carbons (Fsp3) is 0.359. The highest BCUT2D eigenvalue weighted by Gasteiger charge is 2.32. The Labute approximate surface area is 332 Å². The zero-order valence-electron chi connectivity index (χ0n) is 31.3. The van der Waals surface area contributed by atoms with Gasteiger partial charge in [-0.2, -0.15) is 0 Å². The number of rotatable bonds is 14. The predicted octanol–water partition coefficient (Wildman–Crippen LogP) is 4.63. The Kier molecular flexibility index (Phi) is 11.7. The van der Waals surface area contributed by atoms with Crippen LogP contribution in [0.2, 0.25) is 5.02 Å². The van der Waals surface area contributed by atoms with Crippen LogP contribution < -0.4 is 21.3 Å². The smallest absolute Gasteiger partial charge is 0.239 e. The molecule has 0 aliphatic carbocycles. The Morgan fingerprint density at radius 3 is 2.52 bits per heavy atom. The van der Waals surface area contributed by atoms with Gasteiger partial charge >= 0.3 is 0 Å². The molecule has 0 radical (unpaired) electrons. The number of carbonyl (C=O) groups excluding carboxylic acids is 4. The van der Waals surface area contributed by atoms with E-state index in [1.54, 1.807) is 22.2 Å². The highest BCUT2D eigenvalue weighted by molar-refractivity contribution is 7.15. The first kappa shape index (κ1) is 38.5. The summed E-state index contributed by atoms with van der Waals surface area (Å²) in [7, 11) is 0. The molecule has 7 rings (SSSR count). The normalized spacial score (nSPS) is 16.3. The molecule has 1 saturated heterocycles. The van der Waals surface area contributed by atoms with E-state index < -0.39 is 6.04 Å². The standard InChI is InChI=1S/C39H42ClN11O4S/c1-22-23(2)56-39-35(22)36(26-6-10-27(40)11-7-26)44-31(37-48-46-24(3)51(37)39)18-33(53)43-19-29-21-50(49-47-29)17-5-4-16-41-34(54)20-42-28-12-8-25(9-13-28)30-14-15-32(52)45-38(30)55/h6-13,21,30-31,42H,4-5,14-20H2,1-3H3,(H,41,54)(H,43,53)(H,45,52,55). The van der Waals surface area contributed by atoms with Crippen LogP contribution in [0.1, 0.15) is 88.5 Å². The molecule has 1 fully saturated rings. The molecule has 4 amide bonds. The van der Waals surface area contributed by atoms with Crippen molar-refractivity contribution in [1.82, 2.24) is 45.7 Å². The molecule has 5 aromatic rings. The van der Waals surface area contributed by atoms with E-state index in [1.165, 1.54) is 4.88 Å². The number of halogens is 1. The van der Waals surface area contributed by atoms with Crippen molar-refractivity contribution < 1.29 is 19.2 Å². The lowest BCUT2D eigenvalue weighted by Gasteiger charge is -2.21. The van der Waals surface area contributed by atoms with E-state index in [-0.39, 0.29) is 49.1 Å². The number of carbonyl (C=O) groups is 4. The minimum absolute atomic E-state index is 0.0639. The summed E-state index contributed by atoms with van der Waals surface area (Å²) in [6, 6.07) is 14.3. The quantitative estimate of drug-likeness (QED) is 0.0918. The van der Waals surface area contributed by atoms with Crippen LogP contribution in [0.4, 0.5) is 5.69 Å².